The molecule has 4 N–H and O–H groups in total. The minimum atomic E-state index is -1.59. The van der Waals surface area contributed by atoms with E-state index in [0.717, 1.165) is 70.9 Å². The van der Waals surface area contributed by atoms with E-state index in [2.05, 4.69) is 30.4 Å². The normalized spacial score (nSPS) is 20.7. The number of β-amino-alcohol motifs (C(OH)–C–C–N with tert-alkyl or cyclic N) is 1. The number of thiazole rings is 1. The van der Waals surface area contributed by atoms with Crippen LogP contribution < -0.4 is 15.4 Å². The molecule has 2 saturated heterocycles. The average Bonchev–Trinajstić information content (AvgIpc) is 4.05. The number of aryl methyl sites for hydroxylation is 1. The highest BCUT2D eigenvalue weighted by molar-refractivity contribution is 7.13. The molecule has 72 heavy (non-hydrogen) atoms. The zero-order chi connectivity index (χ0) is 51.5. The fourth-order valence-corrected chi connectivity index (χ4v) is 11.4. The maximum absolute atomic E-state index is 16.2. The number of amides is 3. The Morgan fingerprint density at radius 3 is 2.26 bits per heavy atom. The second-order valence-electron chi connectivity index (χ2n) is 21.6. The molecule has 3 aromatic carbocycles. The lowest BCUT2D eigenvalue weighted by molar-refractivity contribution is -0.144. The van der Waals surface area contributed by atoms with Gasteiger partial charge in [-0.15, -0.1) is 11.3 Å². The Hall–Kier alpha value is -5.33. The molecular formula is C55H71F3N8O5S. The van der Waals surface area contributed by atoms with E-state index in [1.54, 1.807) is 11.3 Å². The number of hydrogen-bond donors (Lipinski definition) is 4. The fourth-order valence-electron chi connectivity index (χ4n) is 10.6. The van der Waals surface area contributed by atoms with E-state index < -0.39 is 52.9 Å². The largest absolute Gasteiger partial charge is 0.493 e. The number of para-hydroxylation sites is 1. The smallest absolute Gasteiger partial charge is 0.246 e. The van der Waals surface area contributed by atoms with Crippen molar-refractivity contribution in [2.24, 2.45) is 5.41 Å². The molecule has 13 nitrogen and oxygen atoms in total. The molecule has 5 aromatic rings. The van der Waals surface area contributed by atoms with Crippen LogP contribution in [0.4, 0.5) is 13.2 Å². The van der Waals surface area contributed by atoms with Crippen LogP contribution >= 0.6 is 11.3 Å². The molecule has 2 aromatic heterocycles. The van der Waals surface area contributed by atoms with Crippen LogP contribution in [0.15, 0.2) is 66.2 Å². The highest BCUT2D eigenvalue weighted by atomic mass is 32.1. The molecular weight excluding hydrogens is 942 g/mol. The van der Waals surface area contributed by atoms with Gasteiger partial charge < -0.3 is 40.2 Å². The number of aliphatic hydroxyl groups excluding tert-OH is 1. The number of hydrogen-bond acceptors (Lipinski definition) is 10. The lowest BCUT2D eigenvalue weighted by atomic mass is 9.85. The Bertz CT molecular complexity index is 2670. The lowest BCUT2D eigenvalue weighted by Gasteiger charge is -2.43. The number of aromatic amines is 1. The van der Waals surface area contributed by atoms with Crippen molar-refractivity contribution in [1.82, 2.24) is 40.2 Å². The fraction of sp³-hybridized carbons (Fsp3) is 0.527. The summed E-state index contributed by atoms with van der Waals surface area (Å²) >= 11 is 1.57. The zero-order valence-corrected chi connectivity index (χ0v) is 43.5. The van der Waals surface area contributed by atoms with Crippen molar-refractivity contribution in [2.45, 2.75) is 123 Å². The van der Waals surface area contributed by atoms with Crippen molar-refractivity contribution in [3.63, 3.8) is 0 Å². The van der Waals surface area contributed by atoms with E-state index >= 15 is 13.2 Å². The number of H-pyrrole nitrogens is 1. The number of fused-ring (bicyclic) bond motifs is 3. The van der Waals surface area contributed by atoms with Gasteiger partial charge in [-0.25, -0.2) is 18.2 Å². The number of carbonyl (C=O) groups excluding carboxylic acids is 3. The number of nitrogens with one attached hydrogen (secondary N) is 3. The third-order valence-corrected chi connectivity index (χ3v) is 15.3. The van der Waals surface area contributed by atoms with Gasteiger partial charge in [0.15, 0.2) is 0 Å². The molecule has 8 rings (SSSR count). The number of rotatable bonds is 18. The molecule has 5 heterocycles. The summed E-state index contributed by atoms with van der Waals surface area (Å²) in [4.78, 5) is 57.8. The Labute approximate surface area is 425 Å². The first-order valence-corrected chi connectivity index (χ1v) is 26.3. The first-order chi connectivity index (χ1) is 34.2. The van der Waals surface area contributed by atoms with Crippen LogP contribution in [0.1, 0.15) is 101 Å². The summed E-state index contributed by atoms with van der Waals surface area (Å²) in [5.74, 6) is -2.35. The third kappa shape index (κ3) is 12.5. The number of aromatic nitrogens is 2. The van der Waals surface area contributed by atoms with Gasteiger partial charge in [0, 0.05) is 106 Å². The third-order valence-electron chi connectivity index (χ3n) is 14.3. The van der Waals surface area contributed by atoms with Crippen molar-refractivity contribution in [2.75, 3.05) is 59.0 Å². The number of nitrogens with zero attached hydrogens (tertiary/aromatic N) is 5. The molecule has 2 fully saturated rings. The lowest BCUT2D eigenvalue weighted by Crippen LogP contribution is -2.57. The van der Waals surface area contributed by atoms with Crippen LogP contribution in [0.25, 0.3) is 21.3 Å². The van der Waals surface area contributed by atoms with Gasteiger partial charge in [-0.05, 0) is 81.7 Å². The summed E-state index contributed by atoms with van der Waals surface area (Å²) in [7, 11) is 0. The maximum Gasteiger partial charge on any atom is 0.246 e. The summed E-state index contributed by atoms with van der Waals surface area (Å²) < 4.78 is 53.5. The summed E-state index contributed by atoms with van der Waals surface area (Å²) in [5, 5.41) is 17.6. The minimum Gasteiger partial charge on any atom is -0.493 e. The Kier molecular flexibility index (Phi) is 16.5. The van der Waals surface area contributed by atoms with Crippen LogP contribution in [0.5, 0.6) is 5.75 Å². The maximum atomic E-state index is 16.2. The molecule has 0 spiro atoms. The molecule has 3 aliphatic rings. The van der Waals surface area contributed by atoms with Crippen LogP contribution in [0, 0.1) is 24.0 Å². The highest BCUT2D eigenvalue weighted by Gasteiger charge is 2.45. The Morgan fingerprint density at radius 1 is 0.958 bits per heavy atom. The quantitative estimate of drug-likeness (QED) is 0.0643. The number of likely N-dealkylation sites (tertiary alicyclic amines) is 1. The molecule has 0 bridgehead atoms. The predicted molar refractivity (Wildman–Crippen MR) is 275 cm³/mol. The van der Waals surface area contributed by atoms with Gasteiger partial charge >= 0.3 is 0 Å². The number of aliphatic hydroxyl groups is 1. The van der Waals surface area contributed by atoms with Crippen molar-refractivity contribution in [3.05, 3.63) is 106 Å². The second-order valence-corrected chi connectivity index (χ2v) is 22.5. The number of ether oxygens (including phenoxy) is 1. The van der Waals surface area contributed by atoms with E-state index in [1.165, 1.54) is 30.9 Å². The van der Waals surface area contributed by atoms with Crippen molar-refractivity contribution < 1.29 is 37.4 Å². The summed E-state index contributed by atoms with van der Waals surface area (Å²) in [6.45, 7) is 17.8. The molecule has 0 saturated carbocycles. The number of halogens is 3. The van der Waals surface area contributed by atoms with Gasteiger partial charge in [0.05, 0.1) is 34.8 Å². The molecule has 0 radical (unpaired) electrons. The Morgan fingerprint density at radius 2 is 1.62 bits per heavy atom. The topological polar surface area (TPSA) is 146 Å². The summed E-state index contributed by atoms with van der Waals surface area (Å²) in [6, 6.07) is 15.4. The van der Waals surface area contributed by atoms with Gasteiger partial charge in [-0.1, -0.05) is 63.2 Å². The molecule has 3 amide bonds. The van der Waals surface area contributed by atoms with E-state index in [-0.39, 0.29) is 68.3 Å². The molecule has 1 unspecified atom stereocenters. The first kappa shape index (κ1) is 53.0. The molecule has 3 aliphatic heterocycles. The number of piperazine rings is 1. The summed E-state index contributed by atoms with van der Waals surface area (Å²) in [5.41, 5.74) is 4.91. The van der Waals surface area contributed by atoms with Crippen LogP contribution in [0.3, 0.4) is 0 Å². The van der Waals surface area contributed by atoms with Gasteiger partial charge in [-0.3, -0.25) is 19.3 Å². The van der Waals surface area contributed by atoms with E-state index in [9.17, 15) is 19.5 Å². The van der Waals surface area contributed by atoms with Gasteiger partial charge in [0.2, 0.25) is 17.7 Å². The van der Waals surface area contributed by atoms with E-state index in [4.69, 9.17) is 4.74 Å². The van der Waals surface area contributed by atoms with Crippen LogP contribution in [-0.4, -0.2) is 141 Å². The van der Waals surface area contributed by atoms with E-state index in [0.29, 0.717) is 31.5 Å². The van der Waals surface area contributed by atoms with Crippen molar-refractivity contribution in [1.29, 1.82) is 0 Å². The van der Waals surface area contributed by atoms with Crippen LogP contribution in [0.2, 0.25) is 0 Å². The Balaban J connectivity index is 0.768. The van der Waals surface area contributed by atoms with Gasteiger partial charge in [0.1, 0.15) is 35.1 Å². The van der Waals surface area contributed by atoms with Gasteiger partial charge in [-0.2, -0.15) is 0 Å². The number of alkyl halides is 1. The van der Waals surface area contributed by atoms with Gasteiger partial charge in [0.25, 0.3) is 0 Å². The first-order valence-electron chi connectivity index (χ1n) is 25.4. The zero-order valence-electron chi connectivity index (χ0n) is 42.7. The standard InChI is InChI=1S/C55H71F3N8O5S/c1-34-26-41-40-12-8-9-13-44(40)61-48(41)49(66(34)32-55(6,7)58)47-42(56)28-39(29-43(47)57)71-25-11-20-64-23-21-63(22-24-64)19-10-14-46(68)62-51(54(3,4)5)53(70)65-31-38(67)27-45(65)52(69)59-30-36-15-17-37(18-16-36)50-35(2)60-33-72-50/h8-9,12-13,15-18,28-29,33-34,38,45,49,51,61,67H,10-11,14,19-27,30-32H2,1-7H3,(H,59,69)(H,62,68)/t34-,38-,45+,49-,51?/m1/s1. The minimum absolute atomic E-state index is 0.00280. The molecule has 388 valence electrons. The average molecular weight is 1010 g/mol. The van der Waals surface area contributed by atoms with Crippen LogP contribution in [-0.2, 0) is 27.3 Å². The second kappa shape index (κ2) is 22.4. The molecule has 17 heteroatoms. The molecule has 5 atom stereocenters. The van der Waals surface area contributed by atoms with E-state index in [1.807, 2.05) is 93.6 Å². The summed E-state index contributed by atoms with van der Waals surface area (Å²) in [6.07, 6.45) is 1.36. The highest BCUT2D eigenvalue weighted by Crippen LogP contribution is 2.44. The predicted octanol–water partition coefficient (Wildman–Crippen LogP) is 7.94. The number of carbonyl (C=O) groups is 3. The van der Waals surface area contributed by atoms with Crippen molar-refractivity contribution in [3.8, 4) is 16.2 Å². The monoisotopic (exact) mass is 1010 g/mol. The molecule has 0 aliphatic carbocycles. The SMILES string of the molecule is Cc1ncsc1-c1ccc(CNC(=O)[C@@H]2C[C@@H](O)CN2C(=O)C(NC(=O)CCCN2CCN(CCCOc3cc(F)c([C@@H]4c5[nH]c6ccccc6c5C[C@@H](C)N4CC(C)(C)F)c(F)c3)CC2)C(C)(C)C)cc1. The number of benzene rings is 3. The van der Waals surface area contributed by atoms with Crippen molar-refractivity contribution >= 4 is 40.0 Å².